The molecule has 3 aromatic heterocycles. The summed E-state index contributed by atoms with van der Waals surface area (Å²) < 4.78 is 9.56. The van der Waals surface area contributed by atoms with Crippen molar-refractivity contribution in [3.05, 3.63) is 42.4 Å². The van der Waals surface area contributed by atoms with Gasteiger partial charge >= 0.3 is 0 Å². The highest BCUT2D eigenvalue weighted by molar-refractivity contribution is 6.05. The van der Waals surface area contributed by atoms with Crippen LogP contribution >= 0.6 is 0 Å². The van der Waals surface area contributed by atoms with Crippen molar-refractivity contribution in [1.29, 1.82) is 0 Å². The van der Waals surface area contributed by atoms with Gasteiger partial charge in [-0.1, -0.05) is 12.1 Å². The summed E-state index contributed by atoms with van der Waals surface area (Å²) in [5.41, 5.74) is 3.34. The highest BCUT2D eigenvalue weighted by atomic mass is 16.5. The number of nitrogens with zero attached hydrogens (tertiary/aromatic N) is 5. The van der Waals surface area contributed by atoms with Gasteiger partial charge in [0.2, 0.25) is 0 Å². The van der Waals surface area contributed by atoms with Gasteiger partial charge in [-0.2, -0.15) is 0 Å². The molecule has 8 nitrogen and oxygen atoms in total. The van der Waals surface area contributed by atoms with Crippen molar-refractivity contribution in [1.82, 2.24) is 25.7 Å². The predicted molar refractivity (Wildman–Crippen MR) is 73.7 cm³/mol. The number of aromatic nitrogens is 5. The van der Waals surface area contributed by atoms with Crippen LogP contribution < -0.4 is 0 Å². The maximum atomic E-state index is 11.3. The highest BCUT2D eigenvalue weighted by Gasteiger charge is 2.16. The Balaban J connectivity index is 2.10. The summed E-state index contributed by atoms with van der Waals surface area (Å²) in [6.45, 7) is 0. The van der Waals surface area contributed by atoms with E-state index in [0.29, 0.717) is 39.1 Å². The predicted octanol–water partition coefficient (Wildman–Crippen LogP) is 2.15. The molecule has 4 aromatic rings. The molecule has 0 spiro atoms. The minimum Gasteiger partial charge on any atom is -0.345 e. The van der Waals surface area contributed by atoms with Crippen LogP contribution in [0.3, 0.4) is 0 Å². The molecule has 0 atom stereocenters. The number of hydrogen-bond acceptors (Lipinski definition) is 8. The third-order valence-electron chi connectivity index (χ3n) is 3.25. The van der Waals surface area contributed by atoms with Crippen LogP contribution in [0.5, 0.6) is 0 Å². The number of carbonyl (C=O) groups excluding carboxylic acids is 1. The van der Waals surface area contributed by atoms with Gasteiger partial charge in [0.05, 0.1) is 11.2 Å². The van der Waals surface area contributed by atoms with Crippen LogP contribution in [-0.2, 0) is 0 Å². The van der Waals surface area contributed by atoms with Crippen molar-refractivity contribution in [3.63, 3.8) is 0 Å². The second-order valence-corrected chi connectivity index (χ2v) is 4.49. The van der Waals surface area contributed by atoms with E-state index in [-0.39, 0.29) is 0 Å². The SMILES string of the molecule is O=Cc1cccc2nc(-c3conn3)cc(-c3conn3)c12. The maximum Gasteiger partial charge on any atom is 0.153 e. The standard InChI is InChI=1S/C14H7N5O3/c20-5-8-2-1-3-10-14(8)9(12-6-21-18-16-12)4-11(15-10)13-7-22-19-17-13/h1-7H. The molecular weight excluding hydrogens is 286 g/mol. The summed E-state index contributed by atoms with van der Waals surface area (Å²) >= 11 is 0. The second kappa shape index (κ2) is 4.85. The molecule has 0 aliphatic heterocycles. The lowest BCUT2D eigenvalue weighted by atomic mass is 10.0. The first-order chi connectivity index (χ1) is 10.9. The van der Waals surface area contributed by atoms with Gasteiger partial charge in [-0.3, -0.25) is 4.79 Å². The Morgan fingerprint density at radius 1 is 0.955 bits per heavy atom. The first-order valence-electron chi connectivity index (χ1n) is 6.30. The van der Waals surface area contributed by atoms with Crippen molar-refractivity contribution in [3.8, 4) is 22.6 Å². The summed E-state index contributed by atoms with van der Waals surface area (Å²) in [5, 5.41) is 15.3. The third kappa shape index (κ3) is 1.85. The molecule has 3 heterocycles. The van der Waals surface area contributed by atoms with Crippen molar-refractivity contribution in [2.24, 2.45) is 0 Å². The molecule has 22 heavy (non-hydrogen) atoms. The van der Waals surface area contributed by atoms with Crippen LogP contribution in [-0.4, -0.2) is 32.0 Å². The third-order valence-corrected chi connectivity index (χ3v) is 3.25. The Hall–Kier alpha value is -3.42. The molecule has 0 radical (unpaired) electrons. The Labute approximate surface area is 122 Å². The molecule has 0 saturated carbocycles. The fourth-order valence-corrected chi connectivity index (χ4v) is 2.30. The normalized spacial score (nSPS) is 10.9. The zero-order chi connectivity index (χ0) is 14.9. The van der Waals surface area contributed by atoms with E-state index in [1.807, 2.05) is 0 Å². The summed E-state index contributed by atoms with van der Waals surface area (Å²) in [5.74, 6) is 0. The molecule has 0 saturated heterocycles. The van der Waals surface area contributed by atoms with Gasteiger partial charge in [0.15, 0.2) is 24.5 Å². The van der Waals surface area contributed by atoms with Crippen LogP contribution in [0.15, 0.2) is 45.8 Å². The lowest BCUT2D eigenvalue weighted by Gasteiger charge is -2.07. The summed E-state index contributed by atoms with van der Waals surface area (Å²) in [4.78, 5) is 15.8. The molecule has 0 fully saturated rings. The molecule has 1 aromatic carbocycles. The fourth-order valence-electron chi connectivity index (χ4n) is 2.30. The molecular formula is C14H7N5O3. The van der Waals surface area contributed by atoms with Gasteiger partial charge in [-0.15, -0.1) is 10.2 Å². The summed E-state index contributed by atoms with van der Waals surface area (Å²) in [6, 6.07) is 7.02. The smallest absolute Gasteiger partial charge is 0.153 e. The Bertz CT molecular complexity index is 948. The fraction of sp³-hybridized carbons (Fsp3) is 0. The van der Waals surface area contributed by atoms with Gasteiger partial charge in [-0.05, 0) is 12.1 Å². The molecule has 8 heteroatoms. The van der Waals surface area contributed by atoms with E-state index in [2.05, 4.69) is 25.7 Å². The van der Waals surface area contributed by atoms with Gasteiger partial charge < -0.3 is 9.05 Å². The van der Waals surface area contributed by atoms with E-state index in [4.69, 9.17) is 9.05 Å². The number of pyridine rings is 1. The van der Waals surface area contributed by atoms with Crippen molar-refractivity contribution in [2.75, 3.05) is 0 Å². The first-order valence-corrected chi connectivity index (χ1v) is 6.30. The van der Waals surface area contributed by atoms with Crippen LogP contribution in [0.4, 0.5) is 0 Å². The molecule has 0 N–H and O–H groups in total. The van der Waals surface area contributed by atoms with Crippen LogP contribution in [0.2, 0.25) is 0 Å². The van der Waals surface area contributed by atoms with Crippen LogP contribution in [0.25, 0.3) is 33.5 Å². The number of fused-ring (bicyclic) bond motifs is 1. The number of aldehydes is 1. The quantitative estimate of drug-likeness (QED) is 0.529. The largest absolute Gasteiger partial charge is 0.345 e. The molecule has 0 bridgehead atoms. The number of rotatable bonds is 3. The zero-order valence-electron chi connectivity index (χ0n) is 11.0. The molecule has 0 aliphatic carbocycles. The highest BCUT2D eigenvalue weighted by Crippen LogP contribution is 2.32. The van der Waals surface area contributed by atoms with Gasteiger partial charge in [0.1, 0.15) is 5.69 Å². The van der Waals surface area contributed by atoms with E-state index >= 15 is 0 Å². The lowest BCUT2D eigenvalue weighted by molar-refractivity contribution is 0.112. The van der Waals surface area contributed by atoms with Crippen LogP contribution in [0.1, 0.15) is 10.4 Å². The number of hydrogen-bond donors (Lipinski definition) is 0. The lowest BCUT2D eigenvalue weighted by Crippen LogP contribution is -1.94. The van der Waals surface area contributed by atoms with Crippen molar-refractivity contribution < 1.29 is 13.8 Å². The number of benzene rings is 1. The molecule has 106 valence electrons. The topological polar surface area (TPSA) is 108 Å². The van der Waals surface area contributed by atoms with E-state index in [1.165, 1.54) is 12.5 Å². The van der Waals surface area contributed by atoms with E-state index in [9.17, 15) is 4.79 Å². The Kier molecular flexibility index (Phi) is 2.72. The average Bonchev–Trinajstić information content (AvgIpc) is 3.26. The average molecular weight is 293 g/mol. The Morgan fingerprint density at radius 2 is 1.73 bits per heavy atom. The molecule has 0 unspecified atom stereocenters. The maximum absolute atomic E-state index is 11.3. The molecule has 4 rings (SSSR count). The van der Waals surface area contributed by atoms with E-state index < -0.39 is 0 Å². The number of carbonyl (C=O) groups is 1. The van der Waals surface area contributed by atoms with Gasteiger partial charge in [0, 0.05) is 27.1 Å². The van der Waals surface area contributed by atoms with Crippen molar-refractivity contribution >= 4 is 17.2 Å². The second-order valence-electron chi connectivity index (χ2n) is 4.49. The zero-order valence-corrected chi connectivity index (χ0v) is 11.0. The minimum atomic E-state index is 0.483. The monoisotopic (exact) mass is 293 g/mol. The van der Waals surface area contributed by atoms with Crippen molar-refractivity contribution in [2.45, 2.75) is 0 Å². The molecule has 0 amide bonds. The first kappa shape index (κ1) is 12.3. The summed E-state index contributed by atoms with van der Waals surface area (Å²) in [6.07, 6.45) is 3.57. The van der Waals surface area contributed by atoms with Crippen LogP contribution in [0, 0.1) is 0 Å². The Morgan fingerprint density at radius 3 is 2.41 bits per heavy atom. The molecule has 0 aliphatic rings. The summed E-state index contributed by atoms with van der Waals surface area (Å²) in [7, 11) is 0. The van der Waals surface area contributed by atoms with E-state index in [1.54, 1.807) is 24.3 Å². The minimum absolute atomic E-state index is 0.483. The van der Waals surface area contributed by atoms with E-state index in [0.717, 1.165) is 6.29 Å². The van der Waals surface area contributed by atoms with Gasteiger partial charge in [0.25, 0.3) is 0 Å². The van der Waals surface area contributed by atoms with Gasteiger partial charge in [-0.25, -0.2) is 4.98 Å².